The first-order chi connectivity index (χ1) is 6.77. The molecule has 0 saturated heterocycles. The maximum Gasteiger partial charge on any atom is 0.149 e. The van der Waals surface area contributed by atoms with E-state index in [1.807, 2.05) is 17.5 Å². The number of methoxy groups -OCH3 is 1. The van der Waals surface area contributed by atoms with Crippen molar-refractivity contribution in [3.63, 3.8) is 0 Å². The van der Waals surface area contributed by atoms with Crippen LogP contribution >= 0.6 is 33.9 Å². The van der Waals surface area contributed by atoms with E-state index in [0.29, 0.717) is 0 Å². The maximum absolute atomic E-state index is 9.20. The number of rotatable bonds is 2. The normalized spacial score (nSPS) is 10.8. The summed E-state index contributed by atoms with van der Waals surface area (Å²) >= 11 is 3.87. The molecule has 1 aromatic heterocycles. The Morgan fingerprint density at radius 1 is 1.57 bits per heavy atom. The fourth-order valence-electron chi connectivity index (χ4n) is 1.46. The van der Waals surface area contributed by atoms with Crippen molar-refractivity contribution in [3.05, 3.63) is 26.6 Å². The smallest absolute Gasteiger partial charge is 0.149 e. The van der Waals surface area contributed by atoms with Crippen LogP contribution in [-0.2, 0) is 6.61 Å². The zero-order valence-electron chi connectivity index (χ0n) is 7.58. The van der Waals surface area contributed by atoms with E-state index >= 15 is 0 Å². The minimum atomic E-state index is 0.0766. The number of aliphatic hydroxyl groups excluding tert-OH is 1. The summed E-state index contributed by atoms with van der Waals surface area (Å²) in [7, 11) is 1.68. The van der Waals surface area contributed by atoms with Gasteiger partial charge in [-0.3, -0.25) is 0 Å². The largest absolute Gasteiger partial charge is 0.494 e. The van der Waals surface area contributed by atoms with Gasteiger partial charge in [-0.2, -0.15) is 0 Å². The molecule has 0 atom stereocenters. The number of hydrogen-bond donors (Lipinski definition) is 1. The van der Waals surface area contributed by atoms with E-state index in [4.69, 9.17) is 4.74 Å². The minimum Gasteiger partial charge on any atom is -0.494 e. The summed E-state index contributed by atoms with van der Waals surface area (Å²) in [6.45, 7) is 0.0766. The van der Waals surface area contributed by atoms with Gasteiger partial charge >= 0.3 is 0 Å². The summed E-state index contributed by atoms with van der Waals surface area (Å²) in [4.78, 5) is 0. The lowest BCUT2D eigenvalue weighted by molar-refractivity contribution is 0.283. The summed E-state index contributed by atoms with van der Waals surface area (Å²) < 4.78 is 7.50. The van der Waals surface area contributed by atoms with Gasteiger partial charge in [0.1, 0.15) is 5.75 Å². The van der Waals surface area contributed by atoms with E-state index in [1.54, 1.807) is 18.4 Å². The standard InChI is InChI=1S/C10H9IO2S/c1-13-9-8(11)4-6(5-12)7-2-3-14-10(7)9/h2-4,12H,5H2,1H3. The fourth-order valence-corrected chi connectivity index (χ4v) is 3.48. The Morgan fingerprint density at radius 2 is 2.36 bits per heavy atom. The highest BCUT2D eigenvalue weighted by atomic mass is 127. The minimum absolute atomic E-state index is 0.0766. The summed E-state index contributed by atoms with van der Waals surface area (Å²) in [5.74, 6) is 0.910. The third kappa shape index (κ3) is 1.51. The van der Waals surface area contributed by atoms with Crippen LogP contribution in [0.15, 0.2) is 17.5 Å². The molecule has 0 aliphatic carbocycles. The van der Waals surface area contributed by atoms with Crippen molar-refractivity contribution >= 4 is 44.0 Å². The number of fused-ring (bicyclic) bond motifs is 1. The molecular formula is C10H9IO2S. The van der Waals surface area contributed by atoms with Crippen LogP contribution in [0.4, 0.5) is 0 Å². The maximum atomic E-state index is 9.20. The molecule has 0 fully saturated rings. The Labute approximate surface area is 99.7 Å². The van der Waals surface area contributed by atoms with Crippen LogP contribution in [0.5, 0.6) is 5.75 Å². The van der Waals surface area contributed by atoms with Crippen LogP contribution in [0.3, 0.4) is 0 Å². The molecule has 0 bridgehead atoms. The average Bonchev–Trinajstić information content (AvgIpc) is 2.65. The molecule has 0 radical (unpaired) electrons. The third-order valence-electron chi connectivity index (χ3n) is 2.11. The van der Waals surface area contributed by atoms with Crippen molar-refractivity contribution in [3.8, 4) is 5.75 Å². The predicted molar refractivity (Wildman–Crippen MR) is 67.0 cm³/mol. The highest BCUT2D eigenvalue weighted by Crippen LogP contribution is 2.37. The van der Waals surface area contributed by atoms with Gasteiger partial charge in [0, 0.05) is 5.39 Å². The van der Waals surface area contributed by atoms with E-state index in [0.717, 1.165) is 25.0 Å². The molecule has 14 heavy (non-hydrogen) atoms. The number of thiophene rings is 1. The predicted octanol–water partition coefficient (Wildman–Crippen LogP) is 3.01. The lowest BCUT2D eigenvalue weighted by Crippen LogP contribution is -1.91. The summed E-state index contributed by atoms with van der Waals surface area (Å²) in [5.41, 5.74) is 0.964. The van der Waals surface area contributed by atoms with E-state index in [-0.39, 0.29) is 6.61 Å². The Kier molecular flexibility index (Phi) is 2.94. The number of aliphatic hydroxyl groups is 1. The molecular weight excluding hydrogens is 311 g/mol. The summed E-state index contributed by atoms with van der Waals surface area (Å²) in [5, 5.41) is 12.3. The van der Waals surface area contributed by atoms with Crippen molar-refractivity contribution in [2.45, 2.75) is 6.61 Å². The molecule has 2 rings (SSSR count). The van der Waals surface area contributed by atoms with Crippen molar-refractivity contribution in [1.82, 2.24) is 0 Å². The van der Waals surface area contributed by atoms with E-state index in [9.17, 15) is 5.11 Å². The Morgan fingerprint density at radius 3 is 3.00 bits per heavy atom. The molecule has 0 saturated carbocycles. The first kappa shape index (κ1) is 10.2. The second kappa shape index (κ2) is 4.04. The highest BCUT2D eigenvalue weighted by Gasteiger charge is 2.11. The number of ether oxygens (including phenoxy) is 1. The first-order valence-electron chi connectivity index (χ1n) is 4.11. The summed E-state index contributed by atoms with van der Waals surface area (Å²) in [6.07, 6.45) is 0. The fraction of sp³-hybridized carbons (Fsp3) is 0.200. The van der Waals surface area contributed by atoms with Gasteiger partial charge in [-0.05, 0) is 45.7 Å². The van der Waals surface area contributed by atoms with Gasteiger partial charge in [-0.25, -0.2) is 0 Å². The molecule has 74 valence electrons. The average molecular weight is 320 g/mol. The number of halogens is 1. The van der Waals surface area contributed by atoms with Gasteiger partial charge in [0.05, 0.1) is 22.0 Å². The van der Waals surface area contributed by atoms with Crippen LogP contribution in [0.2, 0.25) is 0 Å². The van der Waals surface area contributed by atoms with Gasteiger partial charge in [-0.15, -0.1) is 11.3 Å². The molecule has 0 aliphatic heterocycles. The monoisotopic (exact) mass is 320 g/mol. The Hall–Kier alpha value is -0.330. The second-order valence-corrected chi connectivity index (χ2v) is 4.95. The van der Waals surface area contributed by atoms with Crippen LogP contribution in [-0.4, -0.2) is 12.2 Å². The number of benzene rings is 1. The first-order valence-corrected chi connectivity index (χ1v) is 6.07. The Bertz CT molecular complexity index is 464. The summed E-state index contributed by atoms with van der Waals surface area (Å²) in [6, 6.07) is 3.98. The van der Waals surface area contributed by atoms with Crippen molar-refractivity contribution in [1.29, 1.82) is 0 Å². The molecule has 0 spiro atoms. The van der Waals surface area contributed by atoms with Crippen LogP contribution < -0.4 is 4.74 Å². The van der Waals surface area contributed by atoms with E-state index in [1.165, 1.54) is 0 Å². The molecule has 1 heterocycles. The lowest BCUT2D eigenvalue weighted by atomic mass is 10.1. The van der Waals surface area contributed by atoms with Gasteiger partial charge in [0.15, 0.2) is 0 Å². The van der Waals surface area contributed by atoms with Gasteiger partial charge in [0.2, 0.25) is 0 Å². The van der Waals surface area contributed by atoms with Crippen LogP contribution in [0.25, 0.3) is 10.1 Å². The van der Waals surface area contributed by atoms with Gasteiger partial charge in [-0.1, -0.05) is 0 Å². The van der Waals surface area contributed by atoms with E-state index in [2.05, 4.69) is 22.6 Å². The zero-order valence-corrected chi connectivity index (χ0v) is 10.6. The Balaban J connectivity index is 2.81. The van der Waals surface area contributed by atoms with Crippen molar-refractivity contribution in [2.75, 3.05) is 7.11 Å². The topological polar surface area (TPSA) is 29.5 Å². The SMILES string of the molecule is COc1c(I)cc(CO)c2ccsc12. The molecule has 1 aromatic carbocycles. The molecule has 0 unspecified atom stereocenters. The van der Waals surface area contributed by atoms with E-state index < -0.39 is 0 Å². The molecule has 2 aromatic rings. The van der Waals surface area contributed by atoms with Crippen LogP contribution in [0, 0.1) is 3.57 Å². The zero-order chi connectivity index (χ0) is 10.1. The van der Waals surface area contributed by atoms with Gasteiger partial charge in [0.25, 0.3) is 0 Å². The third-order valence-corrected chi connectivity index (χ3v) is 3.82. The quantitative estimate of drug-likeness (QED) is 0.862. The molecule has 4 heteroatoms. The lowest BCUT2D eigenvalue weighted by Gasteiger charge is -2.07. The molecule has 0 aliphatic rings. The molecule has 2 nitrogen and oxygen atoms in total. The second-order valence-electron chi connectivity index (χ2n) is 2.87. The number of hydrogen-bond acceptors (Lipinski definition) is 3. The van der Waals surface area contributed by atoms with Crippen molar-refractivity contribution in [2.24, 2.45) is 0 Å². The highest BCUT2D eigenvalue weighted by molar-refractivity contribution is 14.1. The van der Waals surface area contributed by atoms with Crippen molar-refractivity contribution < 1.29 is 9.84 Å². The molecule has 0 amide bonds. The van der Waals surface area contributed by atoms with Gasteiger partial charge < -0.3 is 9.84 Å². The molecule has 1 N–H and O–H groups in total. The van der Waals surface area contributed by atoms with Crippen LogP contribution in [0.1, 0.15) is 5.56 Å².